The van der Waals surface area contributed by atoms with Gasteiger partial charge in [0.15, 0.2) is 5.11 Å². The van der Waals surface area contributed by atoms with Crippen molar-refractivity contribution in [2.45, 2.75) is 0 Å². The fourth-order valence-corrected chi connectivity index (χ4v) is 2.54. The predicted molar refractivity (Wildman–Crippen MR) is 92.7 cm³/mol. The fourth-order valence-electron chi connectivity index (χ4n) is 2.19. The Morgan fingerprint density at radius 1 is 1.16 bits per heavy atom. The first-order chi connectivity index (χ1) is 11.8. The van der Waals surface area contributed by atoms with Gasteiger partial charge in [0.25, 0.3) is 17.5 Å². The van der Waals surface area contributed by atoms with Crippen molar-refractivity contribution in [2.24, 2.45) is 0 Å². The third kappa shape index (κ3) is 3.42. The molecule has 2 heterocycles. The normalized spacial score (nSPS) is 14.1. The van der Waals surface area contributed by atoms with E-state index in [1.165, 1.54) is 36.4 Å². The number of benzene rings is 1. The summed E-state index contributed by atoms with van der Waals surface area (Å²) in [5, 5.41) is 15.9. The van der Waals surface area contributed by atoms with E-state index in [1.54, 1.807) is 0 Å². The van der Waals surface area contributed by atoms with E-state index in [2.05, 4.69) is 10.6 Å². The fraction of sp³-hybridized carbons (Fsp3) is 0. The molecule has 0 aliphatic carbocycles. The van der Waals surface area contributed by atoms with E-state index in [0.29, 0.717) is 0 Å². The van der Waals surface area contributed by atoms with Crippen molar-refractivity contribution in [3.05, 3.63) is 56.8 Å². The monoisotopic (exact) mass is 377 g/mol. The smallest absolute Gasteiger partial charge is 0.281 e. The Labute approximate surface area is 150 Å². The first kappa shape index (κ1) is 16.8. The topological polar surface area (TPSA) is 114 Å². The first-order valence-electron chi connectivity index (χ1n) is 6.77. The highest BCUT2D eigenvalue weighted by Gasteiger charge is 2.26. The SMILES string of the molecule is O=C1NC(=S)NC(=O)C1=Cc1ccc(-c2ccc(Cl)cc2[N+](=O)[O-])o1. The van der Waals surface area contributed by atoms with Gasteiger partial charge < -0.3 is 4.42 Å². The van der Waals surface area contributed by atoms with Gasteiger partial charge in [0.2, 0.25) is 0 Å². The second-order valence-corrected chi connectivity index (χ2v) is 5.76. The number of nitro groups is 1. The molecule has 2 aromatic rings. The summed E-state index contributed by atoms with van der Waals surface area (Å²) in [7, 11) is 0. The van der Waals surface area contributed by atoms with Crippen molar-refractivity contribution in [1.82, 2.24) is 10.6 Å². The predicted octanol–water partition coefficient (Wildman–Crippen LogP) is 2.42. The number of amides is 2. The third-order valence-corrected chi connectivity index (χ3v) is 3.72. The molecular formula is C15H8ClN3O5S. The van der Waals surface area contributed by atoms with Crippen LogP contribution in [0.15, 0.2) is 40.3 Å². The minimum atomic E-state index is -0.663. The van der Waals surface area contributed by atoms with Crippen LogP contribution in [0.3, 0.4) is 0 Å². The number of furan rings is 1. The Hall–Kier alpha value is -3.04. The van der Waals surface area contributed by atoms with Gasteiger partial charge in [0.1, 0.15) is 17.1 Å². The number of carbonyl (C=O) groups is 2. The molecule has 0 saturated carbocycles. The Bertz CT molecular complexity index is 944. The second kappa shape index (κ2) is 6.46. The Morgan fingerprint density at radius 3 is 2.48 bits per heavy atom. The maximum atomic E-state index is 11.8. The summed E-state index contributed by atoms with van der Waals surface area (Å²) in [6, 6.07) is 7.13. The lowest BCUT2D eigenvalue weighted by molar-refractivity contribution is -0.384. The van der Waals surface area contributed by atoms with Crippen LogP contribution < -0.4 is 10.6 Å². The number of rotatable bonds is 3. The number of hydrogen-bond acceptors (Lipinski definition) is 6. The summed E-state index contributed by atoms with van der Waals surface area (Å²) in [6.07, 6.45) is 1.22. The molecule has 8 nitrogen and oxygen atoms in total. The standard InChI is InChI=1S/C15H8ClN3O5S/c16-7-1-3-9(11(5-7)19(22)23)12-4-2-8(24-12)6-10-13(20)17-15(25)18-14(10)21/h1-6H,(H2,17,18,20,21,25). The summed E-state index contributed by atoms with van der Waals surface area (Å²) in [5.74, 6) is -0.955. The first-order valence-corrected chi connectivity index (χ1v) is 7.56. The van der Waals surface area contributed by atoms with Crippen LogP contribution in [0.4, 0.5) is 5.69 Å². The van der Waals surface area contributed by atoms with Crippen LogP contribution >= 0.6 is 23.8 Å². The molecule has 3 rings (SSSR count). The van der Waals surface area contributed by atoms with Crippen LogP contribution in [0.5, 0.6) is 0 Å². The summed E-state index contributed by atoms with van der Waals surface area (Å²) in [6.45, 7) is 0. The van der Waals surface area contributed by atoms with Crippen molar-refractivity contribution in [3.63, 3.8) is 0 Å². The van der Waals surface area contributed by atoms with E-state index >= 15 is 0 Å². The molecule has 0 atom stereocenters. The van der Waals surface area contributed by atoms with Crippen LogP contribution in [0.25, 0.3) is 17.4 Å². The summed E-state index contributed by atoms with van der Waals surface area (Å²) >= 11 is 10.5. The molecule has 0 radical (unpaired) electrons. The van der Waals surface area contributed by atoms with Crippen LogP contribution in [-0.2, 0) is 9.59 Å². The molecule has 1 fully saturated rings. The zero-order chi connectivity index (χ0) is 18.1. The number of hydrogen-bond donors (Lipinski definition) is 2. The van der Waals surface area contributed by atoms with Crippen LogP contribution in [0, 0.1) is 10.1 Å². The van der Waals surface area contributed by atoms with Crippen molar-refractivity contribution >= 4 is 52.5 Å². The molecule has 25 heavy (non-hydrogen) atoms. The quantitative estimate of drug-likeness (QED) is 0.279. The number of halogens is 1. The number of carbonyl (C=O) groups excluding carboxylic acids is 2. The highest BCUT2D eigenvalue weighted by Crippen LogP contribution is 2.33. The van der Waals surface area contributed by atoms with Crippen molar-refractivity contribution < 1.29 is 18.9 Å². The molecule has 1 aromatic carbocycles. The van der Waals surface area contributed by atoms with Crippen LogP contribution in [-0.4, -0.2) is 21.9 Å². The van der Waals surface area contributed by atoms with Crippen molar-refractivity contribution in [2.75, 3.05) is 0 Å². The van der Waals surface area contributed by atoms with Crippen LogP contribution in [0.1, 0.15) is 5.76 Å². The van der Waals surface area contributed by atoms with Gasteiger partial charge in [0.05, 0.1) is 10.5 Å². The molecule has 2 N–H and O–H groups in total. The van der Waals surface area contributed by atoms with Crippen LogP contribution in [0.2, 0.25) is 5.02 Å². The molecule has 10 heteroatoms. The Morgan fingerprint density at radius 2 is 1.84 bits per heavy atom. The largest absolute Gasteiger partial charge is 0.456 e. The van der Waals surface area contributed by atoms with Gasteiger partial charge in [-0.25, -0.2) is 0 Å². The number of nitro benzene ring substituents is 1. The average molecular weight is 378 g/mol. The lowest BCUT2D eigenvalue weighted by Crippen LogP contribution is -2.51. The van der Waals surface area contributed by atoms with E-state index in [9.17, 15) is 19.7 Å². The number of nitrogens with zero attached hydrogens (tertiary/aromatic N) is 1. The number of nitrogens with one attached hydrogen (secondary N) is 2. The minimum absolute atomic E-state index is 0.0796. The lowest BCUT2D eigenvalue weighted by atomic mass is 10.1. The minimum Gasteiger partial charge on any atom is -0.456 e. The van der Waals surface area contributed by atoms with Crippen molar-refractivity contribution in [3.8, 4) is 11.3 Å². The van der Waals surface area contributed by atoms with Gasteiger partial charge >= 0.3 is 0 Å². The molecule has 1 saturated heterocycles. The zero-order valence-corrected chi connectivity index (χ0v) is 13.8. The molecule has 0 unspecified atom stereocenters. The van der Waals surface area contributed by atoms with E-state index in [0.717, 1.165) is 0 Å². The third-order valence-electron chi connectivity index (χ3n) is 3.28. The summed E-state index contributed by atoms with van der Waals surface area (Å²) < 4.78 is 5.51. The molecule has 0 spiro atoms. The van der Waals surface area contributed by atoms with Crippen molar-refractivity contribution in [1.29, 1.82) is 0 Å². The summed E-state index contributed by atoms with van der Waals surface area (Å²) in [5.41, 5.74) is -0.197. The molecule has 1 aromatic heterocycles. The van der Waals surface area contributed by atoms with E-state index in [-0.39, 0.29) is 38.5 Å². The van der Waals surface area contributed by atoms with Gasteiger partial charge in [-0.1, -0.05) is 11.6 Å². The van der Waals surface area contributed by atoms with E-state index in [1.807, 2.05) is 0 Å². The highest BCUT2D eigenvalue weighted by molar-refractivity contribution is 7.80. The van der Waals surface area contributed by atoms with Gasteiger partial charge in [-0.3, -0.25) is 30.3 Å². The number of thiocarbonyl (C=S) groups is 1. The van der Waals surface area contributed by atoms with E-state index in [4.69, 9.17) is 28.2 Å². The highest BCUT2D eigenvalue weighted by atomic mass is 35.5. The second-order valence-electron chi connectivity index (χ2n) is 4.92. The Kier molecular flexibility index (Phi) is 4.34. The van der Waals surface area contributed by atoms with Gasteiger partial charge in [-0.2, -0.15) is 0 Å². The van der Waals surface area contributed by atoms with Gasteiger partial charge in [-0.05, 0) is 42.6 Å². The molecule has 1 aliphatic rings. The van der Waals surface area contributed by atoms with Gasteiger partial charge in [-0.15, -0.1) is 0 Å². The Balaban J connectivity index is 1.98. The van der Waals surface area contributed by atoms with E-state index < -0.39 is 16.7 Å². The van der Waals surface area contributed by atoms with Gasteiger partial charge in [0, 0.05) is 11.1 Å². The molecule has 126 valence electrons. The zero-order valence-electron chi connectivity index (χ0n) is 12.2. The molecule has 0 bridgehead atoms. The molecule has 1 aliphatic heterocycles. The maximum Gasteiger partial charge on any atom is 0.281 e. The molecule has 2 amide bonds. The molecular weight excluding hydrogens is 370 g/mol. The average Bonchev–Trinajstić information content (AvgIpc) is 2.99. The lowest BCUT2D eigenvalue weighted by Gasteiger charge is -2.15. The maximum absolute atomic E-state index is 11.8. The summed E-state index contributed by atoms with van der Waals surface area (Å²) in [4.78, 5) is 34.2.